The van der Waals surface area contributed by atoms with Crippen molar-refractivity contribution in [2.24, 2.45) is 0 Å². The van der Waals surface area contributed by atoms with Crippen molar-refractivity contribution in [2.45, 2.75) is 0 Å². The summed E-state index contributed by atoms with van der Waals surface area (Å²) < 4.78 is 1.68. The van der Waals surface area contributed by atoms with Gasteiger partial charge in [-0.25, -0.2) is 0 Å². The SMILES string of the molecule is O=C(C(=O)c1sccc1I)c1sccc1I. The summed E-state index contributed by atoms with van der Waals surface area (Å²) >= 11 is 6.77. The van der Waals surface area contributed by atoms with Crippen LogP contribution in [0.5, 0.6) is 0 Å². The van der Waals surface area contributed by atoms with Crippen LogP contribution in [0.25, 0.3) is 0 Å². The first-order valence-corrected chi connectivity index (χ1v) is 8.08. The first kappa shape index (κ1) is 12.7. The molecule has 2 aromatic rings. The number of carbonyl (C=O) groups excluding carboxylic acids is 2. The number of carbonyl (C=O) groups is 2. The molecular formula is C10H4I2O2S2. The molecule has 0 saturated heterocycles. The van der Waals surface area contributed by atoms with E-state index in [1.165, 1.54) is 22.7 Å². The molecule has 6 heteroatoms. The minimum atomic E-state index is -0.403. The topological polar surface area (TPSA) is 34.1 Å². The molecule has 0 aliphatic carbocycles. The van der Waals surface area contributed by atoms with Crippen molar-refractivity contribution >= 4 is 79.4 Å². The highest BCUT2D eigenvalue weighted by Gasteiger charge is 2.24. The zero-order valence-electron chi connectivity index (χ0n) is 7.70. The predicted octanol–water partition coefficient (Wildman–Crippen LogP) is 4.08. The van der Waals surface area contributed by atoms with Gasteiger partial charge in [-0.15, -0.1) is 22.7 Å². The van der Waals surface area contributed by atoms with Crippen molar-refractivity contribution in [3.8, 4) is 0 Å². The summed E-state index contributed by atoms with van der Waals surface area (Å²) in [5.41, 5.74) is 0. The molecule has 0 aliphatic heterocycles. The molecule has 2 rings (SSSR count). The quantitative estimate of drug-likeness (QED) is 0.382. The van der Waals surface area contributed by atoms with Crippen molar-refractivity contribution in [1.82, 2.24) is 0 Å². The summed E-state index contributed by atoms with van der Waals surface area (Å²) in [6.45, 7) is 0. The highest BCUT2D eigenvalue weighted by molar-refractivity contribution is 14.1. The second-order valence-electron chi connectivity index (χ2n) is 2.85. The van der Waals surface area contributed by atoms with Gasteiger partial charge in [0.05, 0.1) is 9.75 Å². The Morgan fingerprint density at radius 2 is 1.25 bits per heavy atom. The third-order valence-electron chi connectivity index (χ3n) is 1.85. The van der Waals surface area contributed by atoms with Crippen molar-refractivity contribution < 1.29 is 9.59 Å². The second-order valence-corrected chi connectivity index (χ2v) is 7.01. The Morgan fingerprint density at radius 1 is 0.875 bits per heavy atom. The number of thiophene rings is 2. The molecule has 2 nitrogen and oxygen atoms in total. The minimum absolute atomic E-state index is 0.403. The average molecular weight is 474 g/mol. The van der Waals surface area contributed by atoms with Crippen LogP contribution in [0.15, 0.2) is 22.9 Å². The highest BCUT2D eigenvalue weighted by Crippen LogP contribution is 2.24. The van der Waals surface area contributed by atoms with Gasteiger partial charge in [-0.3, -0.25) is 9.59 Å². The summed E-state index contributed by atoms with van der Waals surface area (Å²) in [6.07, 6.45) is 0. The fraction of sp³-hybridized carbons (Fsp3) is 0. The van der Waals surface area contributed by atoms with Crippen LogP contribution in [0.2, 0.25) is 0 Å². The average Bonchev–Trinajstić information content (AvgIpc) is 2.85. The lowest BCUT2D eigenvalue weighted by Gasteiger charge is -1.96. The van der Waals surface area contributed by atoms with Crippen molar-refractivity contribution in [1.29, 1.82) is 0 Å². The van der Waals surface area contributed by atoms with Crippen LogP contribution in [0, 0.1) is 7.14 Å². The van der Waals surface area contributed by atoms with Crippen LogP contribution in [0.3, 0.4) is 0 Å². The fourth-order valence-corrected chi connectivity index (χ4v) is 4.66. The Morgan fingerprint density at radius 3 is 1.50 bits per heavy atom. The number of rotatable bonds is 3. The van der Waals surface area contributed by atoms with Crippen molar-refractivity contribution in [3.05, 3.63) is 39.8 Å². The molecule has 0 bridgehead atoms. The number of ketones is 2. The maximum Gasteiger partial charge on any atom is 0.245 e. The summed E-state index contributed by atoms with van der Waals surface area (Å²) in [5, 5.41) is 3.64. The van der Waals surface area contributed by atoms with Gasteiger partial charge in [0.2, 0.25) is 11.6 Å². The zero-order chi connectivity index (χ0) is 11.7. The van der Waals surface area contributed by atoms with Crippen LogP contribution in [-0.2, 0) is 0 Å². The second kappa shape index (κ2) is 5.23. The Hall–Kier alpha value is 0.200. The maximum atomic E-state index is 11.9. The van der Waals surface area contributed by atoms with E-state index in [-0.39, 0.29) is 0 Å². The van der Waals surface area contributed by atoms with Gasteiger partial charge in [0.25, 0.3) is 0 Å². The first-order chi connectivity index (χ1) is 7.61. The van der Waals surface area contributed by atoms with E-state index in [4.69, 9.17) is 0 Å². The Labute approximate surface area is 127 Å². The molecule has 82 valence electrons. The van der Waals surface area contributed by atoms with Gasteiger partial charge in [0.1, 0.15) is 0 Å². The monoisotopic (exact) mass is 474 g/mol. The number of hydrogen-bond acceptors (Lipinski definition) is 4. The van der Waals surface area contributed by atoms with Gasteiger partial charge in [-0.1, -0.05) is 0 Å². The fourth-order valence-electron chi connectivity index (χ4n) is 1.12. The summed E-state index contributed by atoms with van der Waals surface area (Å²) in [5.74, 6) is -0.806. The first-order valence-electron chi connectivity index (χ1n) is 4.16. The summed E-state index contributed by atoms with van der Waals surface area (Å²) in [4.78, 5) is 24.9. The molecule has 0 spiro atoms. The molecule has 16 heavy (non-hydrogen) atoms. The van der Waals surface area contributed by atoms with E-state index in [2.05, 4.69) is 45.2 Å². The number of halogens is 2. The van der Waals surface area contributed by atoms with E-state index in [1.807, 2.05) is 22.9 Å². The molecule has 2 aromatic heterocycles. The van der Waals surface area contributed by atoms with Gasteiger partial charge in [-0.2, -0.15) is 0 Å². The minimum Gasteiger partial charge on any atom is -0.284 e. The van der Waals surface area contributed by atoms with Crippen LogP contribution in [0.1, 0.15) is 19.3 Å². The molecule has 0 radical (unpaired) electrons. The Balaban J connectivity index is 2.34. The van der Waals surface area contributed by atoms with E-state index in [1.54, 1.807) is 0 Å². The maximum absolute atomic E-state index is 11.9. The van der Waals surface area contributed by atoms with Gasteiger partial charge in [-0.05, 0) is 68.1 Å². The van der Waals surface area contributed by atoms with E-state index in [0.717, 1.165) is 7.14 Å². The van der Waals surface area contributed by atoms with E-state index < -0.39 is 11.6 Å². The summed E-state index contributed by atoms with van der Waals surface area (Å²) in [6, 6.07) is 3.68. The third-order valence-corrected chi connectivity index (χ3v) is 6.21. The molecule has 0 fully saturated rings. The molecular weight excluding hydrogens is 470 g/mol. The molecule has 0 aliphatic rings. The molecule has 0 amide bonds. The van der Waals surface area contributed by atoms with Crippen LogP contribution >= 0.6 is 67.9 Å². The Bertz CT molecular complexity index is 506. The molecule has 0 N–H and O–H groups in total. The standard InChI is InChI=1S/C10H4I2O2S2/c11-5-1-3-15-9(5)7(13)8(14)10-6(12)2-4-16-10/h1-4H. The lowest BCUT2D eigenvalue weighted by atomic mass is 10.2. The van der Waals surface area contributed by atoms with Gasteiger partial charge in [0.15, 0.2) is 0 Å². The third kappa shape index (κ3) is 2.39. The normalized spacial score (nSPS) is 10.4. The number of Topliss-reactive ketones (excluding diaryl/α,β-unsaturated/α-hetero) is 2. The van der Waals surface area contributed by atoms with Gasteiger partial charge >= 0.3 is 0 Å². The lowest BCUT2D eigenvalue weighted by Crippen LogP contribution is -2.13. The van der Waals surface area contributed by atoms with Crippen LogP contribution < -0.4 is 0 Å². The predicted molar refractivity (Wildman–Crippen MR) is 82.7 cm³/mol. The zero-order valence-corrected chi connectivity index (χ0v) is 13.6. The van der Waals surface area contributed by atoms with Crippen molar-refractivity contribution in [2.75, 3.05) is 0 Å². The van der Waals surface area contributed by atoms with Crippen LogP contribution in [-0.4, -0.2) is 11.6 Å². The molecule has 0 saturated carbocycles. The van der Waals surface area contributed by atoms with Crippen molar-refractivity contribution in [3.63, 3.8) is 0 Å². The molecule has 0 atom stereocenters. The Kier molecular flexibility index (Phi) is 4.14. The van der Waals surface area contributed by atoms with E-state index >= 15 is 0 Å². The van der Waals surface area contributed by atoms with Crippen LogP contribution in [0.4, 0.5) is 0 Å². The molecule has 2 heterocycles. The van der Waals surface area contributed by atoms with E-state index in [9.17, 15) is 9.59 Å². The highest BCUT2D eigenvalue weighted by atomic mass is 127. The molecule has 0 aromatic carbocycles. The summed E-state index contributed by atoms with van der Waals surface area (Å²) in [7, 11) is 0. The van der Waals surface area contributed by atoms with E-state index in [0.29, 0.717) is 9.75 Å². The largest absolute Gasteiger partial charge is 0.284 e. The van der Waals surface area contributed by atoms with Gasteiger partial charge in [0, 0.05) is 7.14 Å². The molecule has 0 unspecified atom stereocenters. The van der Waals surface area contributed by atoms with Gasteiger partial charge < -0.3 is 0 Å². The smallest absolute Gasteiger partial charge is 0.245 e. The number of hydrogen-bond donors (Lipinski definition) is 0. The lowest BCUT2D eigenvalue weighted by molar-refractivity contribution is 0.0820.